The van der Waals surface area contributed by atoms with Gasteiger partial charge in [0.2, 0.25) is 0 Å². The predicted octanol–water partition coefficient (Wildman–Crippen LogP) is 6.67. The third-order valence-electron chi connectivity index (χ3n) is 7.87. The molecule has 1 aliphatic carbocycles. The van der Waals surface area contributed by atoms with Gasteiger partial charge in [-0.1, -0.05) is 55.0 Å². The van der Waals surface area contributed by atoms with Crippen molar-refractivity contribution in [2.45, 2.75) is 64.3 Å². The van der Waals surface area contributed by atoms with Gasteiger partial charge in [0, 0.05) is 32.0 Å². The summed E-state index contributed by atoms with van der Waals surface area (Å²) >= 11 is 0. The van der Waals surface area contributed by atoms with Crippen LogP contribution >= 0.6 is 0 Å². The summed E-state index contributed by atoms with van der Waals surface area (Å²) < 4.78 is 0. The SMILES string of the molecule is CC(c1nc2ccccc2[nH]1)N(Cc1ccc(CNCc2ccccn2)cc1)C1CCCCc2cccnc21. The fraction of sp³-hybridized carbons (Fsp3) is 0.303. The van der Waals surface area contributed by atoms with E-state index in [4.69, 9.17) is 9.97 Å². The second-order valence-electron chi connectivity index (χ2n) is 10.5. The van der Waals surface area contributed by atoms with Crippen LogP contribution in [-0.2, 0) is 26.1 Å². The summed E-state index contributed by atoms with van der Waals surface area (Å²) in [5.41, 5.74) is 8.34. The van der Waals surface area contributed by atoms with E-state index in [1.54, 1.807) is 0 Å². The van der Waals surface area contributed by atoms with Crippen LogP contribution < -0.4 is 5.32 Å². The molecule has 5 aromatic rings. The Morgan fingerprint density at radius 3 is 2.54 bits per heavy atom. The fourth-order valence-corrected chi connectivity index (χ4v) is 5.73. The van der Waals surface area contributed by atoms with Crippen LogP contribution in [0.4, 0.5) is 0 Å². The summed E-state index contributed by atoms with van der Waals surface area (Å²) in [4.78, 5) is 20.5. The first-order chi connectivity index (χ1) is 19.2. The lowest BCUT2D eigenvalue weighted by molar-refractivity contribution is 0.118. The van der Waals surface area contributed by atoms with Gasteiger partial charge in [-0.25, -0.2) is 4.98 Å². The van der Waals surface area contributed by atoms with Gasteiger partial charge in [-0.05, 0) is 73.2 Å². The van der Waals surface area contributed by atoms with Crippen LogP contribution in [0.2, 0.25) is 0 Å². The number of aromatic amines is 1. The second kappa shape index (κ2) is 11.9. The highest BCUT2D eigenvalue weighted by molar-refractivity contribution is 5.74. The zero-order chi connectivity index (χ0) is 26.4. The Kier molecular flexibility index (Phi) is 7.75. The van der Waals surface area contributed by atoms with E-state index in [0.717, 1.165) is 55.0 Å². The summed E-state index contributed by atoms with van der Waals surface area (Å²) in [6.45, 7) is 4.69. The van der Waals surface area contributed by atoms with Crippen molar-refractivity contribution in [3.05, 3.63) is 125 Å². The molecule has 0 bridgehead atoms. The number of imidazole rings is 1. The number of aromatic nitrogens is 4. The summed E-state index contributed by atoms with van der Waals surface area (Å²) in [5, 5.41) is 3.51. The normalized spacial score (nSPS) is 16.2. The molecule has 0 radical (unpaired) electrons. The summed E-state index contributed by atoms with van der Waals surface area (Å²) in [6.07, 6.45) is 8.41. The Balaban J connectivity index is 1.24. The Labute approximate surface area is 230 Å². The Hall–Kier alpha value is -3.87. The van der Waals surface area contributed by atoms with Crippen molar-refractivity contribution in [1.82, 2.24) is 30.2 Å². The first kappa shape index (κ1) is 25.4. The number of nitrogens with one attached hydrogen (secondary N) is 2. The molecule has 2 N–H and O–H groups in total. The molecular weight excluding hydrogens is 480 g/mol. The van der Waals surface area contributed by atoms with E-state index in [1.807, 2.05) is 36.7 Å². The molecule has 3 aromatic heterocycles. The smallest absolute Gasteiger partial charge is 0.124 e. The van der Waals surface area contributed by atoms with Gasteiger partial charge in [0.05, 0.1) is 34.5 Å². The van der Waals surface area contributed by atoms with E-state index < -0.39 is 0 Å². The molecule has 39 heavy (non-hydrogen) atoms. The fourth-order valence-electron chi connectivity index (χ4n) is 5.73. The van der Waals surface area contributed by atoms with Gasteiger partial charge in [-0.2, -0.15) is 0 Å². The molecule has 6 nitrogen and oxygen atoms in total. The van der Waals surface area contributed by atoms with E-state index in [0.29, 0.717) is 0 Å². The van der Waals surface area contributed by atoms with Crippen LogP contribution in [0.15, 0.2) is 91.3 Å². The molecule has 0 aliphatic heterocycles. The lowest BCUT2D eigenvalue weighted by Gasteiger charge is -2.35. The minimum absolute atomic E-state index is 0.107. The second-order valence-corrected chi connectivity index (χ2v) is 10.5. The van der Waals surface area contributed by atoms with Crippen LogP contribution in [0, 0.1) is 0 Å². The number of aryl methyl sites for hydroxylation is 1. The number of nitrogens with zero attached hydrogens (tertiary/aromatic N) is 4. The largest absolute Gasteiger partial charge is 0.341 e. The molecule has 198 valence electrons. The van der Waals surface area contributed by atoms with Crippen molar-refractivity contribution >= 4 is 11.0 Å². The van der Waals surface area contributed by atoms with Crippen LogP contribution in [0.1, 0.15) is 72.2 Å². The molecule has 2 atom stereocenters. The van der Waals surface area contributed by atoms with Crippen molar-refractivity contribution in [2.24, 2.45) is 0 Å². The Morgan fingerprint density at radius 2 is 1.69 bits per heavy atom. The Morgan fingerprint density at radius 1 is 0.872 bits per heavy atom. The van der Waals surface area contributed by atoms with Crippen molar-refractivity contribution in [2.75, 3.05) is 0 Å². The van der Waals surface area contributed by atoms with E-state index in [9.17, 15) is 0 Å². The van der Waals surface area contributed by atoms with Crippen molar-refractivity contribution in [1.29, 1.82) is 0 Å². The predicted molar refractivity (Wildman–Crippen MR) is 156 cm³/mol. The van der Waals surface area contributed by atoms with Crippen LogP contribution in [-0.4, -0.2) is 24.8 Å². The zero-order valence-electron chi connectivity index (χ0n) is 22.6. The van der Waals surface area contributed by atoms with E-state index in [1.165, 1.54) is 35.2 Å². The molecule has 0 fully saturated rings. The van der Waals surface area contributed by atoms with Gasteiger partial charge >= 0.3 is 0 Å². The molecule has 2 aromatic carbocycles. The minimum atomic E-state index is 0.107. The molecule has 0 spiro atoms. The van der Waals surface area contributed by atoms with Crippen molar-refractivity contribution in [3.8, 4) is 0 Å². The lowest BCUT2D eigenvalue weighted by atomic mass is 10.0. The number of hydrogen-bond acceptors (Lipinski definition) is 5. The van der Waals surface area contributed by atoms with Gasteiger partial charge in [-0.15, -0.1) is 0 Å². The minimum Gasteiger partial charge on any atom is -0.341 e. The first-order valence-corrected chi connectivity index (χ1v) is 14.1. The van der Waals surface area contributed by atoms with Crippen LogP contribution in [0.3, 0.4) is 0 Å². The summed E-state index contributed by atoms with van der Waals surface area (Å²) in [5.74, 6) is 1.01. The quantitative estimate of drug-likeness (QED) is 0.214. The monoisotopic (exact) mass is 516 g/mol. The number of fused-ring (bicyclic) bond motifs is 2. The topological polar surface area (TPSA) is 69.7 Å². The third-order valence-corrected chi connectivity index (χ3v) is 7.87. The van der Waals surface area contributed by atoms with E-state index >= 15 is 0 Å². The lowest BCUT2D eigenvalue weighted by Crippen LogP contribution is -2.32. The number of para-hydroxylation sites is 2. The van der Waals surface area contributed by atoms with Gasteiger partial charge in [0.25, 0.3) is 0 Å². The number of benzene rings is 2. The molecule has 0 saturated heterocycles. The van der Waals surface area contributed by atoms with Gasteiger partial charge in [0.15, 0.2) is 0 Å². The van der Waals surface area contributed by atoms with E-state index in [2.05, 4.69) is 81.7 Å². The summed E-state index contributed by atoms with van der Waals surface area (Å²) in [7, 11) is 0. The molecule has 0 amide bonds. The highest BCUT2D eigenvalue weighted by Crippen LogP contribution is 2.38. The molecule has 6 rings (SSSR count). The summed E-state index contributed by atoms with van der Waals surface area (Å²) in [6, 6.07) is 28.0. The van der Waals surface area contributed by atoms with Gasteiger partial charge in [0.1, 0.15) is 5.82 Å². The molecular formula is C33H36N6. The third kappa shape index (κ3) is 5.92. The average molecular weight is 517 g/mol. The van der Waals surface area contributed by atoms with Crippen molar-refractivity contribution in [3.63, 3.8) is 0 Å². The maximum atomic E-state index is 4.99. The number of pyridine rings is 2. The Bertz CT molecular complexity index is 1460. The molecule has 6 heteroatoms. The highest BCUT2D eigenvalue weighted by Gasteiger charge is 2.31. The van der Waals surface area contributed by atoms with Crippen molar-refractivity contribution < 1.29 is 0 Å². The molecule has 3 heterocycles. The van der Waals surface area contributed by atoms with E-state index in [-0.39, 0.29) is 12.1 Å². The maximum absolute atomic E-state index is 4.99. The van der Waals surface area contributed by atoms with Crippen LogP contribution in [0.25, 0.3) is 11.0 Å². The highest BCUT2D eigenvalue weighted by atomic mass is 15.2. The van der Waals surface area contributed by atoms with Gasteiger partial charge < -0.3 is 10.3 Å². The van der Waals surface area contributed by atoms with Gasteiger partial charge in [-0.3, -0.25) is 14.9 Å². The molecule has 1 aliphatic rings. The standard InChI is InChI=1S/C33H36N6/c1-24(33-37-29-12-3-4-13-30(29)38-33)39(31-14-5-2-9-27-10-8-20-36-32(27)31)23-26-17-15-25(16-18-26)21-34-22-28-11-6-7-19-35-28/h3-4,6-8,10-13,15-20,24,31,34H,2,5,9,14,21-23H2,1H3,(H,37,38). The zero-order valence-corrected chi connectivity index (χ0v) is 22.6. The van der Waals surface area contributed by atoms with Crippen LogP contribution in [0.5, 0.6) is 0 Å². The maximum Gasteiger partial charge on any atom is 0.124 e. The number of hydrogen-bond donors (Lipinski definition) is 2. The molecule has 2 unspecified atom stereocenters. The number of rotatable bonds is 9. The number of H-pyrrole nitrogens is 1. The first-order valence-electron chi connectivity index (χ1n) is 14.1. The molecule has 0 saturated carbocycles. The average Bonchev–Trinajstić information content (AvgIpc) is 3.31.